The summed E-state index contributed by atoms with van der Waals surface area (Å²) in [6.45, 7) is 1.71. The van der Waals surface area contributed by atoms with E-state index in [-0.39, 0.29) is 12.5 Å². The zero-order valence-electron chi connectivity index (χ0n) is 17.0. The molecule has 0 atom stereocenters. The van der Waals surface area contributed by atoms with Crippen molar-refractivity contribution >= 4 is 17.6 Å². The molecule has 0 aliphatic heterocycles. The smallest absolute Gasteiger partial charge is 0.246 e. The Bertz CT molecular complexity index is 841. The second kappa shape index (κ2) is 11.0. The van der Waals surface area contributed by atoms with Crippen LogP contribution in [0.4, 0.5) is 5.69 Å². The summed E-state index contributed by atoms with van der Waals surface area (Å²) in [4.78, 5) is 16.4. The van der Waals surface area contributed by atoms with E-state index in [0.717, 1.165) is 30.2 Å². The lowest BCUT2D eigenvalue weighted by Crippen LogP contribution is -2.37. The minimum atomic E-state index is -0.103. The molecule has 0 saturated heterocycles. The second-order valence-corrected chi connectivity index (χ2v) is 7.16. The van der Waals surface area contributed by atoms with Gasteiger partial charge >= 0.3 is 0 Å². The van der Waals surface area contributed by atoms with Gasteiger partial charge in [-0.1, -0.05) is 23.8 Å². The van der Waals surface area contributed by atoms with Crippen molar-refractivity contribution in [1.82, 2.24) is 20.4 Å². The van der Waals surface area contributed by atoms with E-state index in [1.807, 2.05) is 24.3 Å². The summed E-state index contributed by atoms with van der Waals surface area (Å²) in [5.41, 5.74) is 3.39. The van der Waals surface area contributed by atoms with Crippen LogP contribution < -0.4 is 16.0 Å². The highest BCUT2D eigenvalue weighted by Gasteiger charge is 2.06. The molecule has 2 aromatic rings. The van der Waals surface area contributed by atoms with Gasteiger partial charge in [-0.05, 0) is 55.9 Å². The molecule has 1 amide bonds. The fraction of sp³-hybridized carbons (Fsp3) is 0.409. The maximum Gasteiger partial charge on any atom is 0.246 e. The number of carbonyl (C=O) groups excluding carboxylic acids is 1. The number of hydrogen-bond acceptors (Lipinski definition) is 3. The van der Waals surface area contributed by atoms with Crippen LogP contribution in [0.3, 0.4) is 0 Å². The molecule has 1 aromatic carbocycles. The largest absolute Gasteiger partial charge is 0.356 e. The average Bonchev–Trinajstić information content (AvgIpc) is 3.24. The van der Waals surface area contributed by atoms with Crippen molar-refractivity contribution in [2.24, 2.45) is 4.99 Å². The number of anilines is 1. The Labute approximate surface area is 172 Å². The number of amides is 1. The summed E-state index contributed by atoms with van der Waals surface area (Å²) in [6, 6.07) is 9.61. The first kappa shape index (κ1) is 20.6. The fourth-order valence-corrected chi connectivity index (χ4v) is 3.38. The highest BCUT2D eigenvalue weighted by molar-refractivity contribution is 5.90. The molecule has 7 heteroatoms. The molecule has 0 bridgehead atoms. The minimum absolute atomic E-state index is 0.103. The molecular formula is C22H30N6O. The van der Waals surface area contributed by atoms with Gasteiger partial charge in [0.1, 0.15) is 6.54 Å². The van der Waals surface area contributed by atoms with Gasteiger partial charge in [0.05, 0.1) is 0 Å². The Morgan fingerprint density at radius 1 is 1.24 bits per heavy atom. The Hall–Kier alpha value is -3.09. The number of aliphatic imine (C=N–C) groups is 1. The lowest BCUT2D eigenvalue weighted by Gasteiger charge is -2.15. The Morgan fingerprint density at radius 2 is 2.17 bits per heavy atom. The van der Waals surface area contributed by atoms with Crippen LogP contribution in [0.2, 0.25) is 0 Å². The number of carbonyl (C=O) groups is 1. The van der Waals surface area contributed by atoms with Crippen molar-refractivity contribution in [2.75, 3.05) is 18.9 Å². The molecule has 0 unspecified atom stereocenters. The van der Waals surface area contributed by atoms with E-state index in [4.69, 9.17) is 0 Å². The standard InChI is InChI=1S/C22H30N6O/c1-23-22(24-13-11-18-7-3-2-4-8-18)25-16-19-9-5-10-20(15-19)27-21(29)17-28-14-6-12-26-28/h5-7,9-10,12,14-15H,2-4,8,11,13,16-17H2,1H3,(H,27,29)(H2,23,24,25). The lowest BCUT2D eigenvalue weighted by atomic mass is 9.97. The van der Waals surface area contributed by atoms with Gasteiger partial charge in [0, 0.05) is 38.2 Å². The minimum Gasteiger partial charge on any atom is -0.356 e. The van der Waals surface area contributed by atoms with Gasteiger partial charge in [-0.15, -0.1) is 0 Å². The van der Waals surface area contributed by atoms with Gasteiger partial charge in [0.25, 0.3) is 0 Å². The number of allylic oxidation sites excluding steroid dienone is 1. The van der Waals surface area contributed by atoms with E-state index in [1.54, 1.807) is 35.8 Å². The third-order valence-corrected chi connectivity index (χ3v) is 4.88. The van der Waals surface area contributed by atoms with Crippen LogP contribution in [0.1, 0.15) is 37.7 Å². The molecule has 29 heavy (non-hydrogen) atoms. The van der Waals surface area contributed by atoms with E-state index < -0.39 is 0 Å². The summed E-state index contributed by atoms with van der Waals surface area (Å²) in [5.74, 6) is 0.683. The summed E-state index contributed by atoms with van der Waals surface area (Å²) in [7, 11) is 1.78. The molecule has 0 radical (unpaired) electrons. The van der Waals surface area contributed by atoms with Crippen LogP contribution in [0.15, 0.2) is 59.4 Å². The van der Waals surface area contributed by atoms with Crippen molar-refractivity contribution in [2.45, 2.75) is 45.2 Å². The zero-order valence-corrected chi connectivity index (χ0v) is 17.0. The van der Waals surface area contributed by atoms with Crippen LogP contribution in [-0.4, -0.2) is 35.2 Å². The number of nitrogens with one attached hydrogen (secondary N) is 3. The second-order valence-electron chi connectivity index (χ2n) is 7.16. The summed E-state index contributed by atoms with van der Waals surface area (Å²) in [5, 5.41) is 13.7. The molecule has 0 spiro atoms. The summed E-state index contributed by atoms with van der Waals surface area (Å²) < 4.78 is 1.60. The molecule has 0 fully saturated rings. The molecule has 3 N–H and O–H groups in total. The van der Waals surface area contributed by atoms with Crippen molar-refractivity contribution in [1.29, 1.82) is 0 Å². The third kappa shape index (κ3) is 7.10. The quantitative estimate of drug-likeness (QED) is 0.365. The number of nitrogens with zero attached hydrogens (tertiary/aromatic N) is 3. The highest BCUT2D eigenvalue weighted by atomic mass is 16.2. The first-order valence-electron chi connectivity index (χ1n) is 10.2. The number of rotatable bonds is 8. The molecule has 1 heterocycles. The van der Waals surface area contributed by atoms with Crippen molar-refractivity contribution in [3.63, 3.8) is 0 Å². The SMILES string of the molecule is CN=C(NCCC1=CCCCC1)NCc1cccc(NC(=O)Cn2cccn2)c1. The van der Waals surface area contributed by atoms with E-state index in [9.17, 15) is 4.79 Å². The molecule has 154 valence electrons. The summed E-state index contributed by atoms with van der Waals surface area (Å²) in [6.07, 6.45) is 12.0. The zero-order chi connectivity index (χ0) is 20.3. The van der Waals surface area contributed by atoms with Crippen molar-refractivity contribution < 1.29 is 4.79 Å². The maximum absolute atomic E-state index is 12.1. The number of aromatic nitrogens is 2. The Balaban J connectivity index is 1.43. The molecule has 3 rings (SSSR count). The summed E-state index contributed by atoms with van der Waals surface area (Å²) >= 11 is 0. The van der Waals surface area contributed by atoms with Crippen LogP contribution in [-0.2, 0) is 17.9 Å². The first-order valence-corrected chi connectivity index (χ1v) is 10.2. The predicted molar refractivity (Wildman–Crippen MR) is 117 cm³/mol. The third-order valence-electron chi connectivity index (χ3n) is 4.88. The average molecular weight is 395 g/mol. The maximum atomic E-state index is 12.1. The van der Waals surface area contributed by atoms with E-state index in [0.29, 0.717) is 6.54 Å². The van der Waals surface area contributed by atoms with Gasteiger partial charge in [-0.3, -0.25) is 14.5 Å². The Kier molecular flexibility index (Phi) is 7.86. The molecule has 0 saturated carbocycles. The van der Waals surface area contributed by atoms with Gasteiger partial charge in [0.15, 0.2) is 5.96 Å². The molecule has 1 aromatic heterocycles. The molecule has 1 aliphatic rings. The monoisotopic (exact) mass is 394 g/mol. The van der Waals surface area contributed by atoms with Gasteiger partial charge in [-0.25, -0.2) is 0 Å². The van der Waals surface area contributed by atoms with E-state index in [2.05, 4.69) is 32.1 Å². The highest BCUT2D eigenvalue weighted by Crippen LogP contribution is 2.19. The van der Waals surface area contributed by atoms with Crippen molar-refractivity contribution in [3.8, 4) is 0 Å². The number of guanidine groups is 1. The molecule has 1 aliphatic carbocycles. The van der Waals surface area contributed by atoms with Gasteiger partial charge < -0.3 is 16.0 Å². The number of hydrogen-bond donors (Lipinski definition) is 3. The van der Waals surface area contributed by atoms with Crippen LogP contribution in [0.5, 0.6) is 0 Å². The molecular weight excluding hydrogens is 364 g/mol. The molecule has 7 nitrogen and oxygen atoms in total. The topological polar surface area (TPSA) is 83.3 Å². The normalized spacial score (nSPS) is 14.2. The van der Waals surface area contributed by atoms with E-state index >= 15 is 0 Å². The van der Waals surface area contributed by atoms with Crippen LogP contribution in [0, 0.1) is 0 Å². The Morgan fingerprint density at radius 3 is 2.93 bits per heavy atom. The first-order chi connectivity index (χ1) is 14.2. The van der Waals surface area contributed by atoms with Gasteiger partial charge in [-0.2, -0.15) is 5.10 Å². The van der Waals surface area contributed by atoms with Crippen molar-refractivity contribution in [3.05, 3.63) is 59.9 Å². The predicted octanol–water partition coefficient (Wildman–Crippen LogP) is 3.08. The van der Waals surface area contributed by atoms with Crippen LogP contribution >= 0.6 is 0 Å². The fourth-order valence-electron chi connectivity index (χ4n) is 3.38. The van der Waals surface area contributed by atoms with Crippen LogP contribution in [0.25, 0.3) is 0 Å². The number of benzene rings is 1. The van der Waals surface area contributed by atoms with E-state index in [1.165, 1.54) is 25.7 Å². The van der Waals surface area contributed by atoms with Gasteiger partial charge in [0.2, 0.25) is 5.91 Å². The lowest BCUT2D eigenvalue weighted by molar-refractivity contribution is -0.116.